The van der Waals surface area contributed by atoms with Gasteiger partial charge in [0.2, 0.25) is 0 Å². The van der Waals surface area contributed by atoms with E-state index in [9.17, 15) is 8.78 Å². The van der Waals surface area contributed by atoms with Gasteiger partial charge in [-0.05, 0) is 17.5 Å². The third kappa shape index (κ3) is 1.16. The van der Waals surface area contributed by atoms with Crippen molar-refractivity contribution in [2.45, 2.75) is 18.3 Å². The van der Waals surface area contributed by atoms with Crippen molar-refractivity contribution in [1.82, 2.24) is 0 Å². The van der Waals surface area contributed by atoms with Crippen LogP contribution in [0.3, 0.4) is 0 Å². The number of halogens is 2. The quantitative estimate of drug-likeness (QED) is 0.666. The maximum absolute atomic E-state index is 12.8. The lowest BCUT2D eigenvalue weighted by Gasteiger charge is -1.90. The van der Waals surface area contributed by atoms with Gasteiger partial charge in [-0.1, -0.05) is 18.2 Å². The molecule has 0 bridgehead atoms. The molecule has 72 valence electrons. The first kappa shape index (κ1) is 8.36. The molecule has 0 spiro atoms. The zero-order chi connectivity index (χ0) is 9.76. The summed E-state index contributed by atoms with van der Waals surface area (Å²) in [5.41, 5.74) is 0. The maximum atomic E-state index is 12.8. The second kappa shape index (κ2) is 2.54. The zero-order valence-corrected chi connectivity index (χ0v) is 8.15. The Balaban J connectivity index is 2.08. The van der Waals surface area contributed by atoms with Gasteiger partial charge in [-0.25, -0.2) is 8.78 Å². The molecule has 0 aliphatic heterocycles. The van der Waals surface area contributed by atoms with E-state index in [-0.39, 0.29) is 6.42 Å². The fourth-order valence-electron chi connectivity index (χ4n) is 1.70. The smallest absolute Gasteiger partial charge is 0.206 e. The molecule has 1 aromatic carbocycles. The monoisotopic (exact) mass is 210 g/mol. The van der Waals surface area contributed by atoms with Gasteiger partial charge in [0.1, 0.15) is 0 Å². The molecule has 0 saturated heterocycles. The van der Waals surface area contributed by atoms with Crippen LogP contribution in [0, 0.1) is 0 Å². The summed E-state index contributed by atoms with van der Waals surface area (Å²) in [7, 11) is 0. The summed E-state index contributed by atoms with van der Waals surface area (Å²) in [6.07, 6.45) is 0.0276. The Morgan fingerprint density at radius 2 is 2.00 bits per heavy atom. The summed E-state index contributed by atoms with van der Waals surface area (Å²) in [4.78, 5) is 0.830. The molecule has 1 heterocycles. The van der Waals surface area contributed by atoms with E-state index in [1.807, 2.05) is 30.3 Å². The van der Waals surface area contributed by atoms with Gasteiger partial charge in [0.15, 0.2) is 0 Å². The molecule has 1 unspecified atom stereocenters. The van der Waals surface area contributed by atoms with Crippen molar-refractivity contribution in [2.24, 2.45) is 0 Å². The molecule has 2 aromatic rings. The highest BCUT2D eigenvalue weighted by molar-refractivity contribution is 7.19. The highest BCUT2D eigenvalue weighted by Gasteiger charge is 2.58. The predicted octanol–water partition coefficient (Wildman–Crippen LogP) is 4.02. The number of alkyl halides is 2. The molecule has 0 amide bonds. The van der Waals surface area contributed by atoms with E-state index >= 15 is 0 Å². The minimum Gasteiger partial charge on any atom is -0.206 e. The van der Waals surface area contributed by atoms with E-state index in [1.165, 1.54) is 11.3 Å². The first-order valence-corrected chi connectivity index (χ1v) is 5.35. The molecule has 1 atom stereocenters. The van der Waals surface area contributed by atoms with Crippen LogP contribution in [0.15, 0.2) is 30.3 Å². The van der Waals surface area contributed by atoms with Crippen LogP contribution in [0.4, 0.5) is 8.78 Å². The maximum Gasteiger partial charge on any atom is 0.256 e. The topological polar surface area (TPSA) is 0 Å². The van der Waals surface area contributed by atoms with Gasteiger partial charge in [0.25, 0.3) is 5.92 Å². The van der Waals surface area contributed by atoms with Crippen LogP contribution in [-0.2, 0) is 0 Å². The van der Waals surface area contributed by atoms with Crippen molar-refractivity contribution in [3.63, 3.8) is 0 Å². The number of fused-ring (bicyclic) bond motifs is 1. The Labute approximate surface area is 84.2 Å². The summed E-state index contributed by atoms with van der Waals surface area (Å²) < 4.78 is 26.7. The molecular weight excluding hydrogens is 202 g/mol. The first-order chi connectivity index (χ1) is 6.67. The predicted molar refractivity (Wildman–Crippen MR) is 54.1 cm³/mol. The highest BCUT2D eigenvalue weighted by atomic mass is 32.1. The summed E-state index contributed by atoms with van der Waals surface area (Å²) in [6.45, 7) is 0. The lowest BCUT2D eigenvalue weighted by Crippen LogP contribution is -1.89. The SMILES string of the molecule is FC1(F)CC1c1cc2ccccc2s1. The van der Waals surface area contributed by atoms with E-state index in [2.05, 4.69) is 0 Å². The van der Waals surface area contributed by atoms with E-state index in [0.29, 0.717) is 0 Å². The Bertz CT molecular complexity index is 454. The normalized spacial score (nSPS) is 24.0. The van der Waals surface area contributed by atoms with Crippen molar-refractivity contribution < 1.29 is 8.78 Å². The average Bonchev–Trinajstić information content (AvgIpc) is 2.62. The van der Waals surface area contributed by atoms with Gasteiger partial charge >= 0.3 is 0 Å². The average molecular weight is 210 g/mol. The van der Waals surface area contributed by atoms with E-state index in [1.54, 1.807) is 0 Å². The number of rotatable bonds is 1. The van der Waals surface area contributed by atoms with Gasteiger partial charge in [0.05, 0.1) is 5.92 Å². The second-order valence-electron chi connectivity index (χ2n) is 3.70. The molecule has 0 N–H and O–H groups in total. The first-order valence-electron chi connectivity index (χ1n) is 4.53. The van der Waals surface area contributed by atoms with Gasteiger partial charge in [-0.2, -0.15) is 0 Å². The standard InChI is InChI=1S/C11H8F2S/c12-11(13)6-8(11)10-5-7-3-1-2-4-9(7)14-10/h1-5,8H,6H2. The molecule has 0 radical (unpaired) electrons. The number of hydrogen-bond donors (Lipinski definition) is 0. The van der Waals surface area contributed by atoms with Gasteiger partial charge in [0, 0.05) is 16.0 Å². The second-order valence-corrected chi connectivity index (χ2v) is 4.82. The third-order valence-electron chi connectivity index (χ3n) is 2.61. The van der Waals surface area contributed by atoms with Gasteiger partial charge in [-0.15, -0.1) is 11.3 Å². The summed E-state index contributed by atoms with van der Waals surface area (Å²) in [5.74, 6) is -2.96. The van der Waals surface area contributed by atoms with Crippen LogP contribution in [0.2, 0.25) is 0 Å². The molecule has 14 heavy (non-hydrogen) atoms. The third-order valence-corrected chi connectivity index (χ3v) is 3.84. The van der Waals surface area contributed by atoms with Crippen LogP contribution in [-0.4, -0.2) is 5.92 Å². The molecule has 1 saturated carbocycles. The molecule has 1 aromatic heterocycles. The van der Waals surface area contributed by atoms with E-state index in [4.69, 9.17) is 0 Å². The van der Waals surface area contributed by atoms with Crippen LogP contribution in [0.5, 0.6) is 0 Å². The van der Waals surface area contributed by atoms with Crippen LogP contribution < -0.4 is 0 Å². The summed E-state index contributed by atoms with van der Waals surface area (Å²) >= 11 is 1.49. The van der Waals surface area contributed by atoms with Crippen molar-refractivity contribution in [2.75, 3.05) is 0 Å². The molecule has 1 fully saturated rings. The Morgan fingerprint density at radius 1 is 1.29 bits per heavy atom. The van der Waals surface area contributed by atoms with Gasteiger partial charge in [-0.3, -0.25) is 0 Å². The number of thiophene rings is 1. The van der Waals surface area contributed by atoms with E-state index in [0.717, 1.165) is 15.0 Å². The molecule has 1 aliphatic carbocycles. The summed E-state index contributed by atoms with van der Waals surface area (Å²) in [5, 5.41) is 1.08. The van der Waals surface area contributed by atoms with Crippen LogP contribution >= 0.6 is 11.3 Å². The Hall–Kier alpha value is -0.960. The van der Waals surface area contributed by atoms with E-state index < -0.39 is 11.8 Å². The fourth-order valence-corrected chi connectivity index (χ4v) is 2.93. The largest absolute Gasteiger partial charge is 0.256 e. The summed E-state index contributed by atoms with van der Waals surface area (Å²) in [6, 6.07) is 9.71. The molecular formula is C11H8F2S. The molecule has 1 aliphatic rings. The zero-order valence-electron chi connectivity index (χ0n) is 7.34. The minimum absolute atomic E-state index is 0.0276. The number of benzene rings is 1. The van der Waals surface area contributed by atoms with Crippen molar-refractivity contribution in [1.29, 1.82) is 0 Å². The lowest BCUT2D eigenvalue weighted by atomic mass is 10.2. The van der Waals surface area contributed by atoms with Crippen LogP contribution in [0.1, 0.15) is 17.2 Å². The Kier molecular flexibility index (Phi) is 1.52. The van der Waals surface area contributed by atoms with Gasteiger partial charge < -0.3 is 0 Å². The van der Waals surface area contributed by atoms with Crippen molar-refractivity contribution >= 4 is 21.4 Å². The van der Waals surface area contributed by atoms with Crippen molar-refractivity contribution in [3.05, 3.63) is 35.2 Å². The van der Waals surface area contributed by atoms with Crippen molar-refractivity contribution in [3.8, 4) is 0 Å². The lowest BCUT2D eigenvalue weighted by molar-refractivity contribution is 0.112. The van der Waals surface area contributed by atoms with Crippen LogP contribution in [0.25, 0.3) is 10.1 Å². The minimum atomic E-state index is -2.44. The molecule has 0 nitrogen and oxygen atoms in total. The number of hydrogen-bond acceptors (Lipinski definition) is 1. The Morgan fingerprint density at radius 3 is 2.64 bits per heavy atom. The molecule has 3 heteroatoms. The molecule has 3 rings (SSSR count). The fraction of sp³-hybridized carbons (Fsp3) is 0.273. The highest BCUT2D eigenvalue weighted by Crippen LogP contribution is 2.57.